The lowest BCUT2D eigenvalue weighted by atomic mass is 10.1. The zero-order valence-corrected chi connectivity index (χ0v) is 7.65. The Bertz CT molecular complexity index is 362. The normalized spacial score (nSPS) is 9.79. The first-order valence-corrected chi connectivity index (χ1v) is 4.05. The number of nitrogens with two attached hydrogens (primary N) is 1. The lowest BCUT2D eigenvalue weighted by Crippen LogP contribution is -2.03. The van der Waals surface area contributed by atoms with Gasteiger partial charge in [0.15, 0.2) is 11.5 Å². The van der Waals surface area contributed by atoms with Crippen LogP contribution in [0.25, 0.3) is 0 Å². The van der Waals surface area contributed by atoms with Crippen LogP contribution in [-0.2, 0) is 0 Å². The number of carbonyl (C=O) groups is 1. The van der Waals surface area contributed by atoms with Gasteiger partial charge in [0.05, 0.1) is 17.9 Å². The van der Waals surface area contributed by atoms with Crippen LogP contribution in [0.5, 0.6) is 11.5 Å². The molecule has 5 nitrogen and oxygen atoms in total. The number of ether oxygens (including phenoxy) is 1. The van der Waals surface area contributed by atoms with Gasteiger partial charge in [-0.15, -0.1) is 0 Å². The lowest BCUT2D eigenvalue weighted by Gasteiger charge is -2.09. The van der Waals surface area contributed by atoms with E-state index in [-0.39, 0.29) is 22.7 Å². The Morgan fingerprint density at radius 3 is 2.71 bits per heavy atom. The number of phenols is 1. The Hall–Kier alpha value is -1.91. The fraction of sp³-hybridized carbons (Fsp3) is 0.222. The fourth-order valence-electron chi connectivity index (χ4n) is 1.05. The molecule has 0 saturated heterocycles. The molecule has 0 aliphatic carbocycles. The fourth-order valence-corrected chi connectivity index (χ4v) is 1.05. The number of hydrogen-bond donors (Lipinski definition) is 3. The molecule has 1 rings (SSSR count). The van der Waals surface area contributed by atoms with Crippen molar-refractivity contribution in [2.75, 3.05) is 12.3 Å². The number of phenolic OH excluding ortho intramolecular Hbond substituents is 1. The molecule has 0 spiro atoms. The third-order valence-corrected chi connectivity index (χ3v) is 1.71. The van der Waals surface area contributed by atoms with Gasteiger partial charge in [0, 0.05) is 0 Å². The van der Waals surface area contributed by atoms with Crippen molar-refractivity contribution in [3.05, 3.63) is 17.7 Å². The van der Waals surface area contributed by atoms with Gasteiger partial charge in [-0.05, 0) is 19.1 Å². The van der Waals surface area contributed by atoms with Crippen LogP contribution < -0.4 is 10.5 Å². The quantitative estimate of drug-likeness (QED) is 0.498. The molecule has 0 bridgehead atoms. The number of nitrogen functional groups attached to an aromatic ring is 1. The lowest BCUT2D eigenvalue weighted by molar-refractivity contribution is 0.0697. The summed E-state index contributed by atoms with van der Waals surface area (Å²) in [4.78, 5) is 10.6. The number of benzene rings is 1. The summed E-state index contributed by atoms with van der Waals surface area (Å²) in [6.07, 6.45) is 0. The van der Waals surface area contributed by atoms with Crippen LogP contribution >= 0.6 is 0 Å². The monoisotopic (exact) mass is 197 g/mol. The van der Waals surface area contributed by atoms with Crippen molar-refractivity contribution in [2.45, 2.75) is 6.92 Å². The Kier molecular flexibility index (Phi) is 2.81. The van der Waals surface area contributed by atoms with Gasteiger partial charge in [-0.25, -0.2) is 4.79 Å². The summed E-state index contributed by atoms with van der Waals surface area (Å²) < 4.78 is 5.03. The summed E-state index contributed by atoms with van der Waals surface area (Å²) in [6, 6.07) is 2.67. The molecule has 0 amide bonds. The molecule has 76 valence electrons. The molecular formula is C9H11NO4. The molecule has 0 radical (unpaired) electrons. The summed E-state index contributed by atoms with van der Waals surface area (Å²) in [6.45, 7) is 2.13. The van der Waals surface area contributed by atoms with E-state index in [1.807, 2.05) is 0 Å². The van der Waals surface area contributed by atoms with Crippen molar-refractivity contribution >= 4 is 11.7 Å². The van der Waals surface area contributed by atoms with Crippen molar-refractivity contribution in [3.8, 4) is 11.5 Å². The van der Waals surface area contributed by atoms with E-state index in [4.69, 9.17) is 15.6 Å². The molecular weight excluding hydrogens is 186 g/mol. The van der Waals surface area contributed by atoms with Gasteiger partial charge in [0.25, 0.3) is 0 Å². The molecule has 5 heteroatoms. The Morgan fingerprint density at radius 1 is 1.57 bits per heavy atom. The van der Waals surface area contributed by atoms with Crippen LogP contribution in [0.3, 0.4) is 0 Å². The van der Waals surface area contributed by atoms with Crippen LogP contribution in [0, 0.1) is 0 Å². The minimum absolute atomic E-state index is 0.133. The Balaban J connectivity index is 3.19. The van der Waals surface area contributed by atoms with Crippen LogP contribution in [0.2, 0.25) is 0 Å². The smallest absolute Gasteiger partial charge is 0.337 e. The van der Waals surface area contributed by atoms with Crippen LogP contribution in [-0.4, -0.2) is 22.8 Å². The molecule has 0 unspecified atom stereocenters. The summed E-state index contributed by atoms with van der Waals surface area (Å²) >= 11 is 0. The van der Waals surface area contributed by atoms with Crippen LogP contribution in [0.15, 0.2) is 12.1 Å². The molecule has 0 aliphatic rings. The zero-order chi connectivity index (χ0) is 10.7. The number of carboxylic acid groups (broad SMARTS) is 1. The molecule has 0 heterocycles. The average Bonchev–Trinajstić information content (AvgIpc) is 2.13. The highest BCUT2D eigenvalue weighted by atomic mass is 16.5. The first-order valence-electron chi connectivity index (χ1n) is 4.05. The van der Waals surface area contributed by atoms with Crippen molar-refractivity contribution in [1.29, 1.82) is 0 Å². The minimum atomic E-state index is -1.18. The molecule has 4 N–H and O–H groups in total. The number of rotatable bonds is 3. The van der Waals surface area contributed by atoms with Gasteiger partial charge >= 0.3 is 5.97 Å². The van der Waals surface area contributed by atoms with Crippen molar-refractivity contribution < 1.29 is 19.7 Å². The first-order chi connectivity index (χ1) is 6.57. The van der Waals surface area contributed by atoms with E-state index in [1.54, 1.807) is 6.92 Å². The molecule has 0 aromatic heterocycles. The van der Waals surface area contributed by atoms with Crippen molar-refractivity contribution in [3.63, 3.8) is 0 Å². The van der Waals surface area contributed by atoms with E-state index in [1.165, 1.54) is 12.1 Å². The topological polar surface area (TPSA) is 92.8 Å². The Labute approximate surface area is 80.7 Å². The highest BCUT2D eigenvalue weighted by Gasteiger charge is 2.14. The number of hydrogen-bond acceptors (Lipinski definition) is 4. The minimum Gasteiger partial charge on any atom is -0.503 e. The summed E-state index contributed by atoms with van der Waals surface area (Å²) in [5.41, 5.74) is 5.09. The Morgan fingerprint density at radius 2 is 2.21 bits per heavy atom. The van der Waals surface area contributed by atoms with E-state index in [0.717, 1.165) is 0 Å². The molecule has 1 aromatic rings. The molecule has 0 fully saturated rings. The third kappa shape index (κ3) is 1.71. The standard InChI is InChI=1S/C9H11NO4/c1-2-14-6-4-3-5(9(12)13)7(10)8(6)11/h3-4,11H,2,10H2,1H3,(H,12,13). The maximum absolute atomic E-state index is 10.6. The van der Waals surface area contributed by atoms with Gasteiger partial charge in [-0.3, -0.25) is 0 Å². The van der Waals surface area contributed by atoms with Gasteiger partial charge in [-0.1, -0.05) is 0 Å². The van der Waals surface area contributed by atoms with Crippen LogP contribution in [0.4, 0.5) is 5.69 Å². The van der Waals surface area contributed by atoms with Crippen LogP contribution in [0.1, 0.15) is 17.3 Å². The number of aromatic carboxylic acids is 1. The van der Waals surface area contributed by atoms with Crippen molar-refractivity contribution in [1.82, 2.24) is 0 Å². The maximum Gasteiger partial charge on any atom is 0.337 e. The van der Waals surface area contributed by atoms with Gasteiger partial charge in [-0.2, -0.15) is 0 Å². The highest BCUT2D eigenvalue weighted by Crippen LogP contribution is 2.34. The third-order valence-electron chi connectivity index (χ3n) is 1.71. The zero-order valence-electron chi connectivity index (χ0n) is 7.65. The molecule has 14 heavy (non-hydrogen) atoms. The van der Waals surface area contributed by atoms with E-state index in [2.05, 4.69) is 0 Å². The van der Waals surface area contributed by atoms with Crippen molar-refractivity contribution in [2.24, 2.45) is 0 Å². The molecule has 1 aromatic carbocycles. The highest BCUT2D eigenvalue weighted by molar-refractivity contribution is 5.95. The second-order valence-electron chi connectivity index (χ2n) is 2.61. The van der Waals surface area contributed by atoms with E-state index >= 15 is 0 Å². The van der Waals surface area contributed by atoms with E-state index in [0.29, 0.717) is 6.61 Å². The number of carboxylic acids is 1. The number of anilines is 1. The second-order valence-corrected chi connectivity index (χ2v) is 2.61. The summed E-state index contributed by atoms with van der Waals surface area (Å²) in [5, 5.41) is 18.1. The maximum atomic E-state index is 10.6. The van der Waals surface area contributed by atoms with Gasteiger partial charge in [0.2, 0.25) is 0 Å². The van der Waals surface area contributed by atoms with E-state index < -0.39 is 5.97 Å². The second kappa shape index (κ2) is 3.87. The summed E-state index contributed by atoms with van der Waals surface area (Å²) in [7, 11) is 0. The van der Waals surface area contributed by atoms with E-state index in [9.17, 15) is 9.90 Å². The predicted octanol–water partition coefficient (Wildman–Crippen LogP) is 1.07. The predicted molar refractivity (Wildman–Crippen MR) is 50.6 cm³/mol. The van der Waals surface area contributed by atoms with Gasteiger partial charge in [0.1, 0.15) is 0 Å². The summed E-state index contributed by atoms with van der Waals surface area (Å²) in [5.74, 6) is -1.32. The average molecular weight is 197 g/mol. The number of aromatic hydroxyl groups is 1. The SMILES string of the molecule is CCOc1ccc(C(=O)O)c(N)c1O. The molecule has 0 aliphatic heterocycles. The first kappa shape index (κ1) is 10.2. The molecule has 0 atom stereocenters. The largest absolute Gasteiger partial charge is 0.503 e. The van der Waals surface area contributed by atoms with Gasteiger partial charge < -0.3 is 20.7 Å². The molecule has 0 saturated carbocycles.